The summed E-state index contributed by atoms with van der Waals surface area (Å²) < 4.78 is 5.69. The fourth-order valence-corrected chi connectivity index (χ4v) is 2.66. The summed E-state index contributed by atoms with van der Waals surface area (Å²) in [7, 11) is 0. The zero-order valence-electron chi connectivity index (χ0n) is 11.1. The van der Waals surface area contributed by atoms with Crippen molar-refractivity contribution in [2.45, 2.75) is 32.3 Å². The minimum Gasteiger partial charge on any atom is -0.377 e. The molecule has 1 aromatic carbocycles. The van der Waals surface area contributed by atoms with E-state index in [0.717, 1.165) is 37.7 Å². The lowest BCUT2D eigenvalue weighted by atomic mass is 10.1. The molecule has 1 aliphatic heterocycles. The number of likely N-dealkylation sites (N-methyl/N-ethyl adjacent to an activating group) is 1. The van der Waals surface area contributed by atoms with Crippen molar-refractivity contribution in [1.29, 1.82) is 0 Å². The molecule has 0 amide bonds. The van der Waals surface area contributed by atoms with E-state index in [9.17, 15) is 0 Å². The van der Waals surface area contributed by atoms with Crippen molar-refractivity contribution in [3.8, 4) is 0 Å². The van der Waals surface area contributed by atoms with Gasteiger partial charge in [-0.2, -0.15) is 0 Å². The normalized spacial score (nSPS) is 19.6. The van der Waals surface area contributed by atoms with Crippen molar-refractivity contribution in [2.75, 3.05) is 26.2 Å². The van der Waals surface area contributed by atoms with Gasteiger partial charge >= 0.3 is 0 Å². The monoisotopic (exact) mass is 267 g/mol. The molecule has 2 nitrogen and oxygen atoms in total. The van der Waals surface area contributed by atoms with E-state index in [-0.39, 0.29) is 0 Å². The molecule has 1 heterocycles. The van der Waals surface area contributed by atoms with E-state index in [1.165, 1.54) is 18.4 Å². The molecule has 1 atom stereocenters. The summed E-state index contributed by atoms with van der Waals surface area (Å²) in [4.78, 5) is 2.46. The van der Waals surface area contributed by atoms with Crippen LogP contribution in [0.5, 0.6) is 0 Å². The number of hydrogen-bond donors (Lipinski definition) is 0. The van der Waals surface area contributed by atoms with Crippen LogP contribution in [0.2, 0.25) is 5.02 Å². The molecule has 1 aliphatic rings. The summed E-state index contributed by atoms with van der Waals surface area (Å²) in [6, 6.07) is 8.11. The summed E-state index contributed by atoms with van der Waals surface area (Å²) in [5, 5.41) is 0.880. The third-order valence-corrected chi connectivity index (χ3v) is 3.96. The second-order valence-electron chi connectivity index (χ2n) is 4.87. The molecule has 1 unspecified atom stereocenters. The van der Waals surface area contributed by atoms with Gasteiger partial charge in [0.2, 0.25) is 0 Å². The van der Waals surface area contributed by atoms with Gasteiger partial charge in [-0.15, -0.1) is 0 Å². The molecular formula is C15H22ClNO. The van der Waals surface area contributed by atoms with Gasteiger partial charge in [-0.05, 0) is 37.4 Å². The average molecular weight is 268 g/mol. The molecule has 100 valence electrons. The molecular weight excluding hydrogens is 246 g/mol. The van der Waals surface area contributed by atoms with Crippen LogP contribution in [0, 0.1) is 0 Å². The van der Waals surface area contributed by atoms with Crippen LogP contribution in [0.4, 0.5) is 0 Å². The van der Waals surface area contributed by atoms with E-state index < -0.39 is 0 Å². The van der Waals surface area contributed by atoms with Crippen molar-refractivity contribution in [3.05, 3.63) is 34.9 Å². The third kappa shape index (κ3) is 3.98. The van der Waals surface area contributed by atoms with E-state index in [0.29, 0.717) is 6.10 Å². The van der Waals surface area contributed by atoms with Crippen molar-refractivity contribution in [3.63, 3.8) is 0 Å². The van der Waals surface area contributed by atoms with Crippen LogP contribution in [0.25, 0.3) is 0 Å². The van der Waals surface area contributed by atoms with Gasteiger partial charge in [-0.25, -0.2) is 0 Å². The number of halogens is 1. The maximum absolute atomic E-state index is 6.18. The predicted octanol–water partition coefficient (Wildman–Crippen LogP) is 3.38. The first-order valence-corrected chi connectivity index (χ1v) is 7.24. The Hall–Kier alpha value is -0.570. The van der Waals surface area contributed by atoms with Crippen LogP contribution in [-0.2, 0) is 11.2 Å². The van der Waals surface area contributed by atoms with Gasteiger partial charge < -0.3 is 9.64 Å². The van der Waals surface area contributed by atoms with Crippen LogP contribution in [-0.4, -0.2) is 37.2 Å². The van der Waals surface area contributed by atoms with Crippen LogP contribution < -0.4 is 0 Å². The molecule has 1 saturated heterocycles. The van der Waals surface area contributed by atoms with E-state index >= 15 is 0 Å². The van der Waals surface area contributed by atoms with E-state index in [2.05, 4.69) is 24.0 Å². The van der Waals surface area contributed by atoms with Crippen LogP contribution in [0.3, 0.4) is 0 Å². The third-order valence-electron chi connectivity index (χ3n) is 3.59. The Morgan fingerprint density at radius 1 is 1.39 bits per heavy atom. The highest BCUT2D eigenvalue weighted by atomic mass is 35.5. The lowest BCUT2D eigenvalue weighted by Gasteiger charge is -2.23. The fraction of sp³-hybridized carbons (Fsp3) is 0.600. The van der Waals surface area contributed by atoms with E-state index in [1.54, 1.807) is 0 Å². The van der Waals surface area contributed by atoms with Gasteiger partial charge in [0.25, 0.3) is 0 Å². The highest BCUT2D eigenvalue weighted by Crippen LogP contribution is 2.17. The maximum Gasteiger partial charge on any atom is 0.0702 e. The molecule has 0 bridgehead atoms. The Labute approximate surface area is 115 Å². The van der Waals surface area contributed by atoms with Crippen LogP contribution >= 0.6 is 11.6 Å². The highest BCUT2D eigenvalue weighted by molar-refractivity contribution is 6.31. The Morgan fingerprint density at radius 3 is 2.89 bits per heavy atom. The summed E-state index contributed by atoms with van der Waals surface area (Å²) in [5.41, 5.74) is 1.24. The second kappa shape index (κ2) is 7.13. The zero-order valence-corrected chi connectivity index (χ0v) is 11.8. The number of rotatable bonds is 6. The van der Waals surface area contributed by atoms with Crippen molar-refractivity contribution < 1.29 is 4.74 Å². The number of hydrogen-bond acceptors (Lipinski definition) is 2. The Kier molecular flexibility index (Phi) is 5.48. The Balaban J connectivity index is 1.81. The lowest BCUT2D eigenvalue weighted by Crippen LogP contribution is -2.33. The number of nitrogens with zero attached hydrogens (tertiary/aromatic N) is 1. The molecule has 0 spiro atoms. The van der Waals surface area contributed by atoms with Gasteiger partial charge in [0.15, 0.2) is 0 Å². The molecule has 2 rings (SSSR count). The van der Waals surface area contributed by atoms with Crippen molar-refractivity contribution >= 4 is 11.6 Å². The maximum atomic E-state index is 6.18. The smallest absolute Gasteiger partial charge is 0.0702 e. The summed E-state index contributed by atoms with van der Waals surface area (Å²) in [5.74, 6) is 0. The topological polar surface area (TPSA) is 12.5 Å². The second-order valence-corrected chi connectivity index (χ2v) is 5.28. The first-order valence-electron chi connectivity index (χ1n) is 6.87. The molecule has 0 aliphatic carbocycles. The van der Waals surface area contributed by atoms with Gasteiger partial charge in [-0.3, -0.25) is 0 Å². The molecule has 3 heteroatoms. The van der Waals surface area contributed by atoms with E-state index in [1.807, 2.05) is 12.1 Å². The van der Waals surface area contributed by atoms with Crippen LogP contribution in [0.15, 0.2) is 24.3 Å². The molecule has 1 aromatic rings. The Bertz CT molecular complexity index is 363. The van der Waals surface area contributed by atoms with Gasteiger partial charge in [0, 0.05) is 24.7 Å². The molecule has 1 fully saturated rings. The van der Waals surface area contributed by atoms with Gasteiger partial charge in [-0.1, -0.05) is 36.7 Å². The molecule has 0 radical (unpaired) electrons. The first-order chi connectivity index (χ1) is 8.79. The lowest BCUT2D eigenvalue weighted by molar-refractivity contribution is 0.0752. The van der Waals surface area contributed by atoms with Gasteiger partial charge in [0.1, 0.15) is 0 Å². The summed E-state index contributed by atoms with van der Waals surface area (Å²) in [6.07, 6.45) is 3.88. The van der Waals surface area contributed by atoms with Crippen molar-refractivity contribution in [1.82, 2.24) is 4.90 Å². The number of ether oxygens (including phenoxy) is 1. The molecule has 0 N–H and O–H groups in total. The Morgan fingerprint density at radius 2 is 2.22 bits per heavy atom. The van der Waals surface area contributed by atoms with Gasteiger partial charge in [0.05, 0.1) is 6.10 Å². The van der Waals surface area contributed by atoms with Crippen molar-refractivity contribution in [2.24, 2.45) is 0 Å². The largest absolute Gasteiger partial charge is 0.377 e. The highest BCUT2D eigenvalue weighted by Gasteiger charge is 2.18. The molecule has 0 aromatic heterocycles. The zero-order chi connectivity index (χ0) is 12.8. The average Bonchev–Trinajstić information content (AvgIpc) is 2.89. The van der Waals surface area contributed by atoms with Crippen LogP contribution in [0.1, 0.15) is 25.3 Å². The number of benzene rings is 1. The van der Waals surface area contributed by atoms with E-state index in [4.69, 9.17) is 16.3 Å². The molecule has 0 saturated carbocycles. The molecule has 18 heavy (non-hydrogen) atoms. The minimum absolute atomic E-state index is 0.441. The quantitative estimate of drug-likeness (QED) is 0.783. The SMILES string of the molecule is CCN(CCc1ccccc1Cl)CC1CCCO1. The minimum atomic E-state index is 0.441. The predicted molar refractivity (Wildman–Crippen MR) is 76.2 cm³/mol. The summed E-state index contributed by atoms with van der Waals surface area (Å²) in [6.45, 7) is 6.33. The first kappa shape index (κ1) is 13.9. The summed E-state index contributed by atoms with van der Waals surface area (Å²) >= 11 is 6.18. The fourth-order valence-electron chi connectivity index (χ4n) is 2.43. The standard InChI is InChI=1S/C15H22ClNO/c1-2-17(12-14-7-5-11-18-14)10-9-13-6-3-4-8-15(13)16/h3-4,6,8,14H,2,5,7,9-12H2,1H3.